The Morgan fingerprint density at radius 1 is 1.13 bits per heavy atom. The zero-order valence-corrected chi connectivity index (χ0v) is 22.3. The van der Waals surface area contributed by atoms with E-state index in [1.54, 1.807) is 68.4 Å². The highest BCUT2D eigenvalue weighted by atomic mass is 16.6. The Bertz CT molecular complexity index is 1580. The van der Waals surface area contributed by atoms with E-state index < -0.39 is 16.9 Å². The standard InChI is InChI=1S/C29H30N4O6/c1-5-39-26-13-9-8-12-24(26)32-27(30-23-11-7-6-10-22(23)29(32)35)20(3)31(16-17-38-4)28(34)21-15-14-19(2)25(18-21)33(36)37/h6-15,18,20H,5,16-17H2,1-4H3. The van der Waals surface area contributed by atoms with Gasteiger partial charge < -0.3 is 14.4 Å². The number of nitrogens with zero attached hydrogens (tertiary/aromatic N) is 4. The van der Waals surface area contributed by atoms with Gasteiger partial charge in [-0.1, -0.05) is 30.3 Å². The number of nitro benzene ring substituents is 1. The van der Waals surface area contributed by atoms with Crippen molar-refractivity contribution in [3.63, 3.8) is 0 Å². The summed E-state index contributed by atoms with van der Waals surface area (Å²) < 4.78 is 12.6. The minimum Gasteiger partial charge on any atom is -0.492 e. The molecule has 4 aromatic rings. The van der Waals surface area contributed by atoms with Crippen molar-refractivity contribution in [2.75, 3.05) is 26.9 Å². The van der Waals surface area contributed by atoms with E-state index in [1.807, 2.05) is 13.0 Å². The molecule has 1 heterocycles. The normalized spacial score (nSPS) is 11.8. The quantitative estimate of drug-likeness (QED) is 0.212. The van der Waals surface area contributed by atoms with Crippen LogP contribution in [0, 0.1) is 17.0 Å². The first-order chi connectivity index (χ1) is 18.8. The fourth-order valence-electron chi connectivity index (χ4n) is 4.49. The van der Waals surface area contributed by atoms with Gasteiger partial charge in [0.25, 0.3) is 17.2 Å². The lowest BCUT2D eigenvalue weighted by Crippen LogP contribution is -2.39. The van der Waals surface area contributed by atoms with Gasteiger partial charge in [-0.15, -0.1) is 0 Å². The fraction of sp³-hybridized carbons (Fsp3) is 0.276. The molecule has 0 spiro atoms. The molecule has 0 radical (unpaired) electrons. The number of hydrogen-bond donors (Lipinski definition) is 0. The maximum Gasteiger partial charge on any atom is 0.273 e. The summed E-state index contributed by atoms with van der Waals surface area (Å²) in [5.74, 6) is 0.364. The molecule has 4 rings (SSSR count). The first-order valence-corrected chi connectivity index (χ1v) is 12.6. The molecule has 3 aromatic carbocycles. The zero-order chi connectivity index (χ0) is 28.1. The van der Waals surface area contributed by atoms with Crippen molar-refractivity contribution in [3.05, 3.63) is 104 Å². The van der Waals surface area contributed by atoms with E-state index >= 15 is 0 Å². The molecule has 202 valence electrons. The fourth-order valence-corrected chi connectivity index (χ4v) is 4.49. The number of amides is 1. The van der Waals surface area contributed by atoms with Gasteiger partial charge in [0, 0.05) is 30.8 Å². The van der Waals surface area contributed by atoms with Crippen LogP contribution in [0.15, 0.2) is 71.5 Å². The summed E-state index contributed by atoms with van der Waals surface area (Å²) in [6.07, 6.45) is 0. The lowest BCUT2D eigenvalue weighted by molar-refractivity contribution is -0.385. The van der Waals surface area contributed by atoms with E-state index in [1.165, 1.54) is 22.6 Å². The molecule has 0 saturated heterocycles. The van der Waals surface area contributed by atoms with Crippen LogP contribution in [0.25, 0.3) is 16.6 Å². The highest BCUT2D eigenvalue weighted by Crippen LogP contribution is 2.29. The summed E-state index contributed by atoms with van der Waals surface area (Å²) in [5.41, 5.74) is 1.13. The summed E-state index contributed by atoms with van der Waals surface area (Å²) in [5, 5.41) is 12.0. The summed E-state index contributed by atoms with van der Waals surface area (Å²) in [4.78, 5) is 45.1. The van der Waals surface area contributed by atoms with Gasteiger partial charge in [-0.25, -0.2) is 4.98 Å². The molecule has 1 amide bonds. The highest BCUT2D eigenvalue weighted by molar-refractivity contribution is 5.95. The number of benzene rings is 3. The van der Waals surface area contributed by atoms with Crippen LogP contribution in [0.5, 0.6) is 5.75 Å². The third-order valence-corrected chi connectivity index (χ3v) is 6.50. The van der Waals surface area contributed by atoms with Gasteiger partial charge >= 0.3 is 0 Å². The number of carbonyl (C=O) groups excluding carboxylic acids is 1. The first kappa shape index (κ1) is 27.5. The van der Waals surface area contributed by atoms with Gasteiger partial charge in [-0.05, 0) is 51.1 Å². The van der Waals surface area contributed by atoms with Gasteiger partial charge in [-0.2, -0.15) is 0 Å². The number of hydrogen-bond acceptors (Lipinski definition) is 7. The van der Waals surface area contributed by atoms with Crippen molar-refractivity contribution in [1.82, 2.24) is 14.5 Å². The van der Waals surface area contributed by atoms with Gasteiger partial charge in [0.1, 0.15) is 11.6 Å². The molecule has 0 bridgehead atoms. The molecule has 1 unspecified atom stereocenters. The maximum absolute atomic E-state index is 13.9. The zero-order valence-electron chi connectivity index (χ0n) is 22.3. The van der Waals surface area contributed by atoms with Crippen molar-refractivity contribution in [3.8, 4) is 11.4 Å². The van der Waals surface area contributed by atoms with Gasteiger partial charge in [0.2, 0.25) is 0 Å². The lowest BCUT2D eigenvalue weighted by Gasteiger charge is -2.30. The number of ether oxygens (including phenoxy) is 2. The minimum absolute atomic E-state index is 0.147. The van der Waals surface area contributed by atoms with E-state index in [4.69, 9.17) is 14.5 Å². The largest absolute Gasteiger partial charge is 0.492 e. The Labute approximate surface area is 225 Å². The molecule has 10 nitrogen and oxygen atoms in total. The van der Waals surface area contributed by atoms with Crippen LogP contribution in [0.2, 0.25) is 0 Å². The summed E-state index contributed by atoms with van der Waals surface area (Å²) >= 11 is 0. The van der Waals surface area contributed by atoms with Crippen LogP contribution in [0.1, 0.15) is 41.6 Å². The van der Waals surface area contributed by atoms with E-state index in [9.17, 15) is 19.7 Å². The number of aryl methyl sites for hydroxylation is 1. The Morgan fingerprint density at radius 2 is 1.85 bits per heavy atom. The Morgan fingerprint density at radius 3 is 2.56 bits per heavy atom. The molecule has 0 saturated carbocycles. The molecule has 0 fully saturated rings. The van der Waals surface area contributed by atoms with Crippen LogP contribution in [-0.2, 0) is 4.74 Å². The third kappa shape index (κ3) is 5.51. The SMILES string of the molecule is CCOc1ccccc1-n1c(C(C)N(CCOC)C(=O)c2ccc(C)c([N+](=O)[O-])c2)nc2ccccc2c1=O. The van der Waals surface area contributed by atoms with Crippen molar-refractivity contribution in [2.24, 2.45) is 0 Å². The average Bonchev–Trinajstić information content (AvgIpc) is 2.93. The number of aromatic nitrogens is 2. The van der Waals surface area contributed by atoms with Crippen LogP contribution in [0.4, 0.5) is 5.69 Å². The topological polar surface area (TPSA) is 117 Å². The molecule has 39 heavy (non-hydrogen) atoms. The van der Waals surface area contributed by atoms with Gasteiger partial charge in [0.05, 0.1) is 40.8 Å². The smallest absolute Gasteiger partial charge is 0.273 e. The number of rotatable bonds is 10. The Balaban J connectivity index is 1.92. The van der Waals surface area contributed by atoms with E-state index in [2.05, 4.69) is 0 Å². The highest BCUT2D eigenvalue weighted by Gasteiger charge is 2.29. The Hall–Kier alpha value is -4.57. The van der Waals surface area contributed by atoms with Crippen LogP contribution >= 0.6 is 0 Å². The number of nitro groups is 1. The van der Waals surface area contributed by atoms with Crippen molar-refractivity contribution in [1.29, 1.82) is 0 Å². The van der Waals surface area contributed by atoms with E-state index in [-0.39, 0.29) is 30.0 Å². The molecular weight excluding hydrogens is 500 g/mol. The molecule has 0 aliphatic carbocycles. The number of fused-ring (bicyclic) bond motifs is 1. The molecular formula is C29H30N4O6. The summed E-state index contributed by atoms with van der Waals surface area (Å²) in [7, 11) is 1.52. The number of para-hydroxylation sites is 3. The number of carbonyl (C=O) groups is 1. The molecule has 1 atom stereocenters. The molecule has 1 aromatic heterocycles. The molecule has 0 N–H and O–H groups in total. The van der Waals surface area contributed by atoms with Crippen molar-refractivity contribution < 1.29 is 19.2 Å². The van der Waals surface area contributed by atoms with Crippen LogP contribution in [-0.4, -0.2) is 52.1 Å². The van der Waals surface area contributed by atoms with Gasteiger partial charge in [0.15, 0.2) is 0 Å². The van der Waals surface area contributed by atoms with Crippen LogP contribution < -0.4 is 10.3 Å². The van der Waals surface area contributed by atoms with Gasteiger partial charge in [-0.3, -0.25) is 24.3 Å². The third-order valence-electron chi connectivity index (χ3n) is 6.50. The molecule has 0 aliphatic heterocycles. The number of methoxy groups -OCH3 is 1. The van der Waals surface area contributed by atoms with E-state index in [0.29, 0.717) is 40.3 Å². The summed E-state index contributed by atoms with van der Waals surface area (Å²) in [6.45, 7) is 6.00. The maximum atomic E-state index is 13.9. The monoisotopic (exact) mass is 530 g/mol. The first-order valence-electron chi connectivity index (χ1n) is 12.6. The molecule has 0 aliphatic rings. The average molecular weight is 531 g/mol. The lowest BCUT2D eigenvalue weighted by atomic mass is 10.1. The Kier molecular flexibility index (Phi) is 8.36. The van der Waals surface area contributed by atoms with Crippen molar-refractivity contribution in [2.45, 2.75) is 26.8 Å². The second-order valence-corrected chi connectivity index (χ2v) is 8.95. The summed E-state index contributed by atoms with van der Waals surface area (Å²) in [6, 6.07) is 17.8. The molecule has 10 heteroatoms. The predicted molar refractivity (Wildman–Crippen MR) is 148 cm³/mol. The minimum atomic E-state index is -0.722. The second-order valence-electron chi connectivity index (χ2n) is 8.95. The predicted octanol–water partition coefficient (Wildman–Crippen LogP) is 4.85. The van der Waals surface area contributed by atoms with Crippen LogP contribution in [0.3, 0.4) is 0 Å². The van der Waals surface area contributed by atoms with E-state index in [0.717, 1.165) is 0 Å². The van der Waals surface area contributed by atoms with Crippen molar-refractivity contribution >= 4 is 22.5 Å². The second kappa shape index (κ2) is 11.9.